The van der Waals surface area contributed by atoms with Crippen molar-refractivity contribution < 1.29 is 0 Å². The Balaban J connectivity index is 3.13. The second-order valence-corrected chi connectivity index (χ2v) is 3.80. The molecular weight excluding hydrogens is 148 g/mol. The second-order valence-electron chi connectivity index (χ2n) is 3.80. The SMILES string of the molecule is CCCCC(C)NCCN(C)C. The summed E-state index contributed by atoms with van der Waals surface area (Å²) in [5.74, 6) is 0. The van der Waals surface area contributed by atoms with E-state index in [2.05, 4.69) is 38.2 Å². The molecule has 0 saturated carbocycles. The molecule has 1 atom stereocenters. The summed E-state index contributed by atoms with van der Waals surface area (Å²) in [6.07, 6.45) is 3.96. The van der Waals surface area contributed by atoms with Crippen molar-refractivity contribution in [2.75, 3.05) is 27.2 Å². The summed E-state index contributed by atoms with van der Waals surface area (Å²) in [5, 5.41) is 3.51. The van der Waals surface area contributed by atoms with Crippen molar-refractivity contribution in [1.29, 1.82) is 0 Å². The highest BCUT2D eigenvalue weighted by Crippen LogP contribution is 1.98. The number of hydrogen-bond acceptors (Lipinski definition) is 2. The molecular formula is C10H24N2. The summed E-state index contributed by atoms with van der Waals surface area (Å²) in [7, 11) is 4.22. The molecule has 0 aliphatic carbocycles. The number of hydrogen-bond donors (Lipinski definition) is 1. The van der Waals surface area contributed by atoms with Crippen LogP contribution in [0, 0.1) is 0 Å². The molecule has 2 heteroatoms. The quantitative estimate of drug-likeness (QED) is 0.629. The minimum Gasteiger partial charge on any atom is -0.313 e. The molecule has 0 saturated heterocycles. The molecule has 74 valence electrons. The highest BCUT2D eigenvalue weighted by Gasteiger charge is 1.99. The zero-order chi connectivity index (χ0) is 9.40. The van der Waals surface area contributed by atoms with Gasteiger partial charge in [-0.2, -0.15) is 0 Å². The predicted molar refractivity (Wildman–Crippen MR) is 55.5 cm³/mol. The molecule has 1 unspecified atom stereocenters. The van der Waals surface area contributed by atoms with E-state index in [0.717, 1.165) is 13.1 Å². The predicted octanol–water partition coefficient (Wildman–Crippen LogP) is 1.72. The molecule has 0 aromatic carbocycles. The zero-order valence-corrected chi connectivity index (χ0v) is 9.06. The topological polar surface area (TPSA) is 15.3 Å². The Bertz CT molecular complexity index is 91.8. The van der Waals surface area contributed by atoms with Gasteiger partial charge in [0.05, 0.1) is 0 Å². The molecule has 0 heterocycles. The Morgan fingerprint density at radius 3 is 2.50 bits per heavy atom. The van der Waals surface area contributed by atoms with Crippen LogP contribution in [0.1, 0.15) is 33.1 Å². The fraction of sp³-hybridized carbons (Fsp3) is 1.00. The van der Waals surface area contributed by atoms with E-state index in [1.54, 1.807) is 0 Å². The Morgan fingerprint density at radius 1 is 1.33 bits per heavy atom. The van der Waals surface area contributed by atoms with Gasteiger partial charge in [-0.3, -0.25) is 0 Å². The molecule has 0 aliphatic rings. The lowest BCUT2D eigenvalue weighted by Crippen LogP contribution is -2.32. The normalized spacial score (nSPS) is 13.8. The van der Waals surface area contributed by atoms with Crippen molar-refractivity contribution in [3.8, 4) is 0 Å². The van der Waals surface area contributed by atoms with Crippen molar-refractivity contribution in [3.63, 3.8) is 0 Å². The van der Waals surface area contributed by atoms with Crippen LogP contribution in [0.2, 0.25) is 0 Å². The van der Waals surface area contributed by atoms with E-state index in [9.17, 15) is 0 Å². The summed E-state index contributed by atoms with van der Waals surface area (Å²) < 4.78 is 0. The van der Waals surface area contributed by atoms with E-state index < -0.39 is 0 Å². The first-order valence-electron chi connectivity index (χ1n) is 5.05. The van der Waals surface area contributed by atoms with Gasteiger partial charge in [0.15, 0.2) is 0 Å². The van der Waals surface area contributed by atoms with Gasteiger partial charge in [-0.05, 0) is 27.4 Å². The maximum Gasteiger partial charge on any atom is 0.0101 e. The van der Waals surface area contributed by atoms with Gasteiger partial charge >= 0.3 is 0 Å². The minimum atomic E-state index is 0.685. The van der Waals surface area contributed by atoms with Gasteiger partial charge < -0.3 is 10.2 Å². The average Bonchev–Trinajstić information content (AvgIpc) is 2.00. The third-order valence-electron chi connectivity index (χ3n) is 2.04. The largest absolute Gasteiger partial charge is 0.313 e. The second kappa shape index (κ2) is 7.56. The molecule has 0 aromatic rings. The summed E-state index contributed by atoms with van der Waals surface area (Å²) in [4.78, 5) is 2.21. The highest BCUT2D eigenvalue weighted by molar-refractivity contribution is 4.60. The molecule has 1 N–H and O–H groups in total. The van der Waals surface area contributed by atoms with Crippen molar-refractivity contribution in [2.24, 2.45) is 0 Å². The first-order chi connectivity index (χ1) is 5.66. The first kappa shape index (κ1) is 11.9. The zero-order valence-electron chi connectivity index (χ0n) is 9.06. The van der Waals surface area contributed by atoms with E-state index in [1.807, 2.05) is 0 Å². The van der Waals surface area contributed by atoms with Gasteiger partial charge in [-0.1, -0.05) is 19.8 Å². The van der Waals surface area contributed by atoms with Crippen molar-refractivity contribution in [1.82, 2.24) is 10.2 Å². The smallest absolute Gasteiger partial charge is 0.0101 e. The van der Waals surface area contributed by atoms with Crippen LogP contribution in [-0.2, 0) is 0 Å². The lowest BCUT2D eigenvalue weighted by atomic mass is 10.1. The number of nitrogens with one attached hydrogen (secondary N) is 1. The average molecular weight is 172 g/mol. The van der Waals surface area contributed by atoms with Crippen LogP contribution in [0.3, 0.4) is 0 Å². The molecule has 2 nitrogen and oxygen atoms in total. The Morgan fingerprint density at radius 2 is 2.00 bits per heavy atom. The number of nitrogens with zero attached hydrogens (tertiary/aromatic N) is 1. The van der Waals surface area contributed by atoms with E-state index >= 15 is 0 Å². The van der Waals surface area contributed by atoms with E-state index in [4.69, 9.17) is 0 Å². The van der Waals surface area contributed by atoms with Crippen molar-refractivity contribution in [2.45, 2.75) is 39.2 Å². The van der Waals surface area contributed by atoms with Gasteiger partial charge in [-0.25, -0.2) is 0 Å². The molecule has 0 aliphatic heterocycles. The van der Waals surface area contributed by atoms with Gasteiger partial charge in [-0.15, -0.1) is 0 Å². The van der Waals surface area contributed by atoms with Crippen LogP contribution in [0.25, 0.3) is 0 Å². The molecule has 0 spiro atoms. The van der Waals surface area contributed by atoms with Gasteiger partial charge in [0, 0.05) is 19.1 Å². The van der Waals surface area contributed by atoms with Crippen LogP contribution < -0.4 is 5.32 Å². The van der Waals surface area contributed by atoms with Crippen LogP contribution >= 0.6 is 0 Å². The number of unbranched alkanes of at least 4 members (excludes halogenated alkanes) is 1. The van der Waals surface area contributed by atoms with Gasteiger partial charge in [0.2, 0.25) is 0 Å². The maximum atomic E-state index is 3.51. The summed E-state index contributed by atoms with van der Waals surface area (Å²) in [6, 6.07) is 0.685. The molecule has 0 amide bonds. The molecule has 0 aromatic heterocycles. The monoisotopic (exact) mass is 172 g/mol. The van der Waals surface area contributed by atoms with Crippen LogP contribution in [-0.4, -0.2) is 38.1 Å². The van der Waals surface area contributed by atoms with Crippen LogP contribution in [0.5, 0.6) is 0 Å². The molecule has 0 bridgehead atoms. The summed E-state index contributed by atoms with van der Waals surface area (Å²) in [5.41, 5.74) is 0. The standard InChI is InChI=1S/C10H24N2/c1-5-6-7-10(2)11-8-9-12(3)4/h10-11H,5-9H2,1-4H3. The van der Waals surface area contributed by atoms with Gasteiger partial charge in [0.25, 0.3) is 0 Å². The van der Waals surface area contributed by atoms with Gasteiger partial charge in [0.1, 0.15) is 0 Å². The Labute approximate surface area is 77.3 Å². The minimum absolute atomic E-state index is 0.685. The Hall–Kier alpha value is -0.0800. The summed E-state index contributed by atoms with van der Waals surface area (Å²) in [6.45, 7) is 6.76. The highest BCUT2D eigenvalue weighted by atomic mass is 15.1. The summed E-state index contributed by atoms with van der Waals surface area (Å²) >= 11 is 0. The molecule has 0 fully saturated rings. The van der Waals surface area contributed by atoms with Crippen molar-refractivity contribution >= 4 is 0 Å². The third-order valence-corrected chi connectivity index (χ3v) is 2.04. The third kappa shape index (κ3) is 8.02. The molecule has 12 heavy (non-hydrogen) atoms. The van der Waals surface area contributed by atoms with E-state index in [-0.39, 0.29) is 0 Å². The lowest BCUT2D eigenvalue weighted by molar-refractivity contribution is 0.381. The maximum absolute atomic E-state index is 3.51. The Kier molecular flexibility index (Phi) is 7.51. The van der Waals surface area contributed by atoms with Crippen LogP contribution in [0.4, 0.5) is 0 Å². The number of rotatable bonds is 7. The lowest BCUT2D eigenvalue weighted by Gasteiger charge is -2.15. The van der Waals surface area contributed by atoms with Crippen LogP contribution in [0.15, 0.2) is 0 Å². The first-order valence-corrected chi connectivity index (χ1v) is 5.05. The fourth-order valence-corrected chi connectivity index (χ4v) is 1.15. The molecule has 0 radical (unpaired) electrons. The van der Waals surface area contributed by atoms with Crippen molar-refractivity contribution in [3.05, 3.63) is 0 Å². The fourth-order valence-electron chi connectivity index (χ4n) is 1.15. The van der Waals surface area contributed by atoms with E-state index in [1.165, 1.54) is 19.3 Å². The number of likely N-dealkylation sites (N-methyl/N-ethyl adjacent to an activating group) is 1. The molecule has 0 rings (SSSR count). The van der Waals surface area contributed by atoms with E-state index in [0.29, 0.717) is 6.04 Å².